The standard InChI is InChI=1S/C18H22N4O2/c1-12(2)14-7-5-13(6-8-14)11-19-22-18(23)16-10-15(20-21-16)17-4-3-9-24-17/h3-9,11-12,15-16,20-21H,10H2,1-2H3,(H,22,23)/b19-11+. The van der Waals surface area contributed by atoms with Gasteiger partial charge in [-0.15, -0.1) is 0 Å². The molecule has 1 aliphatic rings. The molecule has 6 heteroatoms. The summed E-state index contributed by atoms with van der Waals surface area (Å²) in [6, 6.07) is 11.5. The van der Waals surface area contributed by atoms with Gasteiger partial charge in [0, 0.05) is 0 Å². The lowest BCUT2D eigenvalue weighted by atomic mass is 10.0. The molecule has 2 aromatic rings. The van der Waals surface area contributed by atoms with Crippen LogP contribution >= 0.6 is 0 Å². The van der Waals surface area contributed by atoms with Gasteiger partial charge >= 0.3 is 0 Å². The fourth-order valence-corrected chi connectivity index (χ4v) is 2.62. The lowest BCUT2D eigenvalue weighted by molar-refractivity contribution is -0.122. The van der Waals surface area contributed by atoms with Gasteiger partial charge in [-0.1, -0.05) is 38.1 Å². The number of carbonyl (C=O) groups excluding carboxylic acids is 1. The zero-order chi connectivity index (χ0) is 16.9. The molecule has 1 saturated heterocycles. The van der Waals surface area contributed by atoms with Gasteiger partial charge in [-0.05, 0) is 35.6 Å². The number of hydrogen-bond donors (Lipinski definition) is 3. The molecule has 2 atom stereocenters. The van der Waals surface area contributed by atoms with E-state index in [1.165, 1.54) is 5.56 Å². The number of hydrogen-bond acceptors (Lipinski definition) is 5. The molecule has 1 aromatic heterocycles. The summed E-state index contributed by atoms with van der Waals surface area (Å²) in [6.07, 6.45) is 3.88. The number of hydrazone groups is 1. The molecule has 1 amide bonds. The average molecular weight is 326 g/mol. The molecule has 3 N–H and O–H groups in total. The Balaban J connectivity index is 1.50. The normalized spacial score (nSPS) is 20.8. The number of nitrogens with one attached hydrogen (secondary N) is 3. The minimum absolute atomic E-state index is 0.0108. The highest BCUT2D eigenvalue weighted by Crippen LogP contribution is 2.22. The first-order valence-corrected chi connectivity index (χ1v) is 8.11. The summed E-state index contributed by atoms with van der Waals surface area (Å²) < 4.78 is 5.35. The van der Waals surface area contributed by atoms with Crippen molar-refractivity contribution in [3.05, 3.63) is 59.5 Å². The van der Waals surface area contributed by atoms with Crippen molar-refractivity contribution >= 4 is 12.1 Å². The Hall–Kier alpha value is -2.44. The van der Waals surface area contributed by atoms with Gasteiger partial charge in [0.25, 0.3) is 5.91 Å². The summed E-state index contributed by atoms with van der Waals surface area (Å²) in [6.45, 7) is 4.31. The third-order valence-corrected chi connectivity index (χ3v) is 4.10. The van der Waals surface area contributed by atoms with E-state index in [1.807, 2.05) is 24.3 Å². The van der Waals surface area contributed by atoms with E-state index in [-0.39, 0.29) is 18.0 Å². The zero-order valence-corrected chi connectivity index (χ0v) is 13.8. The Morgan fingerprint density at radius 2 is 2.08 bits per heavy atom. The van der Waals surface area contributed by atoms with E-state index in [1.54, 1.807) is 12.5 Å². The van der Waals surface area contributed by atoms with Gasteiger partial charge in [-0.3, -0.25) is 4.79 Å². The third-order valence-electron chi connectivity index (χ3n) is 4.10. The van der Waals surface area contributed by atoms with Crippen LogP contribution in [0.25, 0.3) is 0 Å². The molecular formula is C18H22N4O2. The van der Waals surface area contributed by atoms with Gasteiger partial charge < -0.3 is 4.42 Å². The van der Waals surface area contributed by atoms with E-state index in [9.17, 15) is 4.79 Å². The van der Waals surface area contributed by atoms with E-state index in [4.69, 9.17) is 4.42 Å². The Kier molecular flexibility index (Phi) is 5.08. The molecule has 0 spiro atoms. The van der Waals surface area contributed by atoms with Crippen LogP contribution in [0.5, 0.6) is 0 Å². The molecular weight excluding hydrogens is 304 g/mol. The molecule has 0 saturated carbocycles. The highest BCUT2D eigenvalue weighted by Gasteiger charge is 2.31. The minimum atomic E-state index is -0.347. The van der Waals surface area contributed by atoms with Crippen LogP contribution in [0.3, 0.4) is 0 Å². The van der Waals surface area contributed by atoms with E-state index >= 15 is 0 Å². The minimum Gasteiger partial charge on any atom is -0.468 e. The number of rotatable bonds is 5. The predicted molar refractivity (Wildman–Crippen MR) is 92.4 cm³/mol. The first kappa shape index (κ1) is 16.4. The van der Waals surface area contributed by atoms with Gasteiger partial charge in [0.2, 0.25) is 0 Å². The van der Waals surface area contributed by atoms with Gasteiger partial charge in [-0.25, -0.2) is 16.3 Å². The molecule has 0 aliphatic carbocycles. The van der Waals surface area contributed by atoms with E-state index in [2.05, 4.69) is 47.4 Å². The second kappa shape index (κ2) is 7.42. The van der Waals surface area contributed by atoms with Crippen molar-refractivity contribution in [2.45, 2.75) is 38.3 Å². The first-order chi connectivity index (χ1) is 11.6. The molecule has 24 heavy (non-hydrogen) atoms. The van der Waals surface area contributed by atoms with Crippen LogP contribution in [0.15, 0.2) is 52.2 Å². The van der Waals surface area contributed by atoms with Crippen molar-refractivity contribution in [1.29, 1.82) is 0 Å². The van der Waals surface area contributed by atoms with Crippen LogP contribution in [0.2, 0.25) is 0 Å². The van der Waals surface area contributed by atoms with Crippen molar-refractivity contribution in [2.24, 2.45) is 5.10 Å². The predicted octanol–water partition coefficient (Wildman–Crippen LogP) is 2.46. The molecule has 126 valence electrons. The Bertz CT molecular complexity index is 692. The molecule has 3 rings (SSSR count). The van der Waals surface area contributed by atoms with Crippen LogP contribution in [0.4, 0.5) is 0 Å². The molecule has 0 bridgehead atoms. The summed E-state index contributed by atoms with van der Waals surface area (Å²) in [7, 11) is 0. The average Bonchev–Trinajstić information content (AvgIpc) is 3.26. The maximum absolute atomic E-state index is 12.1. The van der Waals surface area contributed by atoms with Crippen molar-refractivity contribution in [3.8, 4) is 0 Å². The summed E-state index contributed by atoms with van der Waals surface area (Å²) >= 11 is 0. The van der Waals surface area contributed by atoms with Gasteiger partial charge in [-0.2, -0.15) is 5.10 Å². The number of benzene rings is 1. The van der Waals surface area contributed by atoms with Crippen LogP contribution in [0, 0.1) is 0 Å². The second-order valence-corrected chi connectivity index (χ2v) is 6.20. The van der Waals surface area contributed by atoms with Crippen molar-refractivity contribution < 1.29 is 9.21 Å². The van der Waals surface area contributed by atoms with Crippen LogP contribution < -0.4 is 16.3 Å². The fraction of sp³-hybridized carbons (Fsp3) is 0.333. The van der Waals surface area contributed by atoms with Crippen molar-refractivity contribution in [1.82, 2.24) is 16.3 Å². The van der Waals surface area contributed by atoms with Crippen LogP contribution in [0.1, 0.15) is 49.1 Å². The molecule has 2 unspecified atom stereocenters. The fourth-order valence-electron chi connectivity index (χ4n) is 2.62. The zero-order valence-electron chi connectivity index (χ0n) is 13.8. The lowest BCUT2D eigenvalue weighted by Crippen LogP contribution is -2.41. The molecule has 6 nitrogen and oxygen atoms in total. The van der Waals surface area contributed by atoms with E-state index in [0.29, 0.717) is 12.3 Å². The number of hydrazine groups is 1. The van der Waals surface area contributed by atoms with Gasteiger partial charge in [0.05, 0.1) is 18.5 Å². The van der Waals surface area contributed by atoms with E-state index in [0.717, 1.165) is 11.3 Å². The maximum Gasteiger partial charge on any atom is 0.258 e. The molecule has 0 radical (unpaired) electrons. The van der Waals surface area contributed by atoms with Gasteiger partial charge in [0.15, 0.2) is 0 Å². The summed E-state index contributed by atoms with van der Waals surface area (Å²) in [5.41, 5.74) is 10.8. The van der Waals surface area contributed by atoms with Crippen molar-refractivity contribution in [2.75, 3.05) is 0 Å². The Morgan fingerprint density at radius 1 is 1.29 bits per heavy atom. The van der Waals surface area contributed by atoms with Crippen LogP contribution in [-0.4, -0.2) is 18.2 Å². The lowest BCUT2D eigenvalue weighted by Gasteiger charge is -2.07. The Morgan fingerprint density at radius 3 is 2.75 bits per heavy atom. The summed E-state index contributed by atoms with van der Waals surface area (Å²) in [4.78, 5) is 12.1. The SMILES string of the molecule is CC(C)c1ccc(/C=N/NC(=O)C2CC(c3ccco3)NN2)cc1. The number of nitrogens with zero attached hydrogens (tertiary/aromatic N) is 1. The van der Waals surface area contributed by atoms with E-state index < -0.39 is 0 Å². The number of carbonyl (C=O) groups is 1. The molecule has 1 aromatic carbocycles. The highest BCUT2D eigenvalue weighted by atomic mass is 16.3. The maximum atomic E-state index is 12.1. The van der Waals surface area contributed by atoms with Crippen molar-refractivity contribution in [3.63, 3.8) is 0 Å². The van der Waals surface area contributed by atoms with Crippen LogP contribution in [-0.2, 0) is 4.79 Å². The molecule has 2 heterocycles. The largest absolute Gasteiger partial charge is 0.468 e. The third kappa shape index (κ3) is 3.90. The topological polar surface area (TPSA) is 78.7 Å². The van der Waals surface area contributed by atoms with Gasteiger partial charge in [0.1, 0.15) is 11.8 Å². The highest BCUT2D eigenvalue weighted by molar-refractivity contribution is 5.85. The quantitative estimate of drug-likeness (QED) is 0.582. The number of furan rings is 1. The first-order valence-electron chi connectivity index (χ1n) is 8.11. The smallest absolute Gasteiger partial charge is 0.258 e. The second-order valence-electron chi connectivity index (χ2n) is 6.20. The monoisotopic (exact) mass is 326 g/mol. The molecule has 1 aliphatic heterocycles. The summed E-state index contributed by atoms with van der Waals surface area (Å²) in [5, 5.41) is 4.03. The Labute approximate surface area is 141 Å². The number of amides is 1. The summed E-state index contributed by atoms with van der Waals surface area (Å²) in [5.74, 6) is 1.14. The molecule has 1 fully saturated rings.